The number of piperazine rings is 1. The SMILES string of the molecule is CN1CCN(CCCNC(=O)CCSc2ccc(F)cc2)CC1. The molecule has 1 amide bonds. The Hall–Kier alpha value is -1.11. The first-order valence-electron chi connectivity index (χ1n) is 8.19. The van der Waals surface area contributed by atoms with E-state index in [-0.39, 0.29) is 11.7 Å². The molecule has 1 fully saturated rings. The highest BCUT2D eigenvalue weighted by Crippen LogP contribution is 2.18. The lowest BCUT2D eigenvalue weighted by molar-refractivity contribution is -0.120. The van der Waals surface area contributed by atoms with Crippen molar-refractivity contribution in [3.8, 4) is 0 Å². The van der Waals surface area contributed by atoms with Crippen molar-refractivity contribution in [3.63, 3.8) is 0 Å². The molecule has 1 aromatic rings. The quantitative estimate of drug-likeness (QED) is 0.581. The van der Waals surface area contributed by atoms with E-state index < -0.39 is 0 Å². The van der Waals surface area contributed by atoms with Crippen molar-refractivity contribution in [1.29, 1.82) is 0 Å². The molecule has 1 aromatic carbocycles. The van der Waals surface area contributed by atoms with Gasteiger partial charge in [-0.1, -0.05) is 0 Å². The molecule has 0 aliphatic carbocycles. The van der Waals surface area contributed by atoms with Crippen LogP contribution in [0.25, 0.3) is 0 Å². The fourth-order valence-electron chi connectivity index (χ4n) is 2.48. The Kier molecular flexibility index (Phi) is 7.85. The van der Waals surface area contributed by atoms with Gasteiger partial charge in [-0.25, -0.2) is 4.39 Å². The highest BCUT2D eigenvalue weighted by molar-refractivity contribution is 7.99. The largest absolute Gasteiger partial charge is 0.356 e. The molecule has 128 valence electrons. The van der Waals surface area contributed by atoms with Gasteiger partial charge in [0.2, 0.25) is 5.91 Å². The fourth-order valence-corrected chi connectivity index (χ4v) is 3.33. The minimum atomic E-state index is -0.229. The zero-order chi connectivity index (χ0) is 16.5. The first-order chi connectivity index (χ1) is 11.1. The zero-order valence-corrected chi connectivity index (χ0v) is 14.6. The topological polar surface area (TPSA) is 35.6 Å². The highest BCUT2D eigenvalue weighted by Gasteiger charge is 2.12. The number of rotatable bonds is 8. The summed E-state index contributed by atoms with van der Waals surface area (Å²) in [6, 6.07) is 6.38. The molecule has 6 heteroatoms. The average Bonchev–Trinajstić information content (AvgIpc) is 2.55. The number of hydrogen-bond donors (Lipinski definition) is 1. The summed E-state index contributed by atoms with van der Waals surface area (Å²) in [6.45, 7) is 6.31. The van der Waals surface area contributed by atoms with Crippen molar-refractivity contribution in [2.45, 2.75) is 17.7 Å². The zero-order valence-electron chi connectivity index (χ0n) is 13.8. The van der Waals surface area contributed by atoms with E-state index in [0.29, 0.717) is 6.42 Å². The maximum Gasteiger partial charge on any atom is 0.220 e. The second kappa shape index (κ2) is 9.90. The van der Waals surface area contributed by atoms with Crippen molar-refractivity contribution >= 4 is 17.7 Å². The Morgan fingerprint density at radius 3 is 2.61 bits per heavy atom. The smallest absolute Gasteiger partial charge is 0.220 e. The van der Waals surface area contributed by atoms with Gasteiger partial charge in [0.15, 0.2) is 0 Å². The Labute approximate surface area is 142 Å². The number of nitrogens with zero attached hydrogens (tertiary/aromatic N) is 2. The number of carbonyl (C=O) groups is 1. The molecule has 0 radical (unpaired) electrons. The lowest BCUT2D eigenvalue weighted by atomic mass is 10.3. The van der Waals surface area contributed by atoms with Gasteiger partial charge in [-0.15, -0.1) is 11.8 Å². The van der Waals surface area contributed by atoms with E-state index in [4.69, 9.17) is 0 Å². The Morgan fingerprint density at radius 2 is 1.91 bits per heavy atom. The van der Waals surface area contributed by atoms with Gasteiger partial charge in [0.05, 0.1) is 0 Å². The van der Waals surface area contributed by atoms with E-state index in [1.165, 1.54) is 12.1 Å². The summed E-state index contributed by atoms with van der Waals surface area (Å²) in [5.41, 5.74) is 0. The van der Waals surface area contributed by atoms with Crippen molar-refractivity contribution in [2.75, 3.05) is 52.1 Å². The average molecular weight is 339 g/mol. The molecule has 0 spiro atoms. The number of benzene rings is 1. The minimum Gasteiger partial charge on any atom is -0.356 e. The predicted octanol–water partition coefficient (Wildman–Crippen LogP) is 2.06. The Balaban J connectivity index is 1.49. The van der Waals surface area contributed by atoms with Crippen LogP contribution < -0.4 is 5.32 Å². The first kappa shape index (κ1) is 18.2. The molecule has 0 bridgehead atoms. The third kappa shape index (κ3) is 7.33. The Morgan fingerprint density at radius 1 is 1.22 bits per heavy atom. The van der Waals surface area contributed by atoms with Crippen LogP contribution >= 0.6 is 11.8 Å². The molecule has 0 atom stereocenters. The second-order valence-electron chi connectivity index (χ2n) is 5.90. The number of hydrogen-bond acceptors (Lipinski definition) is 4. The van der Waals surface area contributed by atoms with Crippen LogP contribution in [0.5, 0.6) is 0 Å². The van der Waals surface area contributed by atoms with Crippen LogP contribution in [0.15, 0.2) is 29.2 Å². The third-order valence-electron chi connectivity index (χ3n) is 3.98. The summed E-state index contributed by atoms with van der Waals surface area (Å²) in [5, 5.41) is 2.98. The molecule has 0 aromatic heterocycles. The first-order valence-corrected chi connectivity index (χ1v) is 9.18. The lowest BCUT2D eigenvalue weighted by Gasteiger charge is -2.32. The predicted molar refractivity (Wildman–Crippen MR) is 93.3 cm³/mol. The summed E-state index contributed by atoms with van der Waals surface area (Å²) in [4.78, 5) is 17.6. The van der Waals surface area contributed by atoms with E-state index in [1.807, 2.05) is 0 Å². The van der Waals surface area contributed by atoms with E-state index in [0.717, 1.165) is 56.3 Å². The van der Waals surface area contributed by atoms with Gasteiger partial charge in [0.1, 0.15) is 5.82 Å². The standard InChI is InChI=1S/C17H26FN3OS/c1-20-10-12-21(13-11-20)9-2-8-19-17(22)7-14-23-16-5-3-15(18)4-6-16/h3-6H,2,7-14H2,1H3,(H,19,22). The van der Waals surface area contributed by atoms with Crippen LogP contribution in [0.2, 0.25) is 0 Å². The number of nitrogens with one attached hydrogen (secondary N) is 1. The monoisotopic (exact) mass is 339 g/mol. The van der Waals surface area contributed by atoms with Gasteiger partial charge in [0.25, 0.3) is 0 Å². The third-order valence-corrected chi connectivity index (χ3v) is 4.99. The van der Waals surface area contributed by atoms with Gasteiger partial charge in [-0.2, -0.15) is 0 Å². The second-order valence-corrected chi connectivity index (χ2v) is 7.07. The van der Waals surface area contributed by atoms with Crippen molar-refractivity contribution < 1.29 is 9.18 Å². The summed E-state index contributed by atoms with van der Waals surface area (Å²) in [6.07, 6.45) is 1.50. The fraction of sp³-hybridized carbons (Fsp3) is 0.588. The van der Waals surface area contributed by atoms with Crippen LogP contribution in [0.3, 0.4) is 0 Å². The number of thioether (sulfide) groups is 1. The molecule has 2 rings (SSSR count). The molecule has 1 N–H and O–H groups in total. The number of halogens is 1. The molecule has 1 aliphatic rings. The maximum absolute atomic E-state index is 12.8. The van der Waals surface area contributed by atoms with Gasteiger partial charge < -0.3 is 15.1 Å². The molecule has 0 unspecified atom stereocenters. The van der Waals surface area contributed by atoms with Crippen molar-refractivity contribution in [3.05, 3.63) is 30.1 Å². The van der Waals surface area contributed by atoms with Crippen LogP contribution in [-0.4, -0.2) is 67.8 Å². The molecule has 1 saturated heterocycles. The van der Waals surface area contributed by atoms with Crippen LogP contribution in [-0.2, 0) is 4.79 Å². The van der Waals surface area contributed by atoms with Crippen molar-refractivity contribution in [2.24, 2.45) is 0 Å². The molecule has 0 saturated carbocycles. The Bertz CT molecular complexity index is 475. The normalized spacial score (nSPS) is 16.4. The van der Waals surface area contributed by atoms with Gasteiger partial charge in [0, 0.05) is 49.8 Å². The summed E-state index contributed by atoms with van der Waals surface area (Å²) >= 11 is 1.58. The van der Waals surface area contributed by atoms with Crippen LogP contribution in [0.4, 0.5) is 4.39 Å². The molecular weight excluding hydrogens is 313 g/mol. The molecule has 23 heavy (non-hydrogen) atoms. The van der Waals surface area contributed by atoms with Crippen LogP contribution in [0.1, 0.15) is 12.8 Å². The number of amides is 1. The number of likely N-dealkylation sites (N-methyl/N-ethyl adjacent to an activating group) is 1. The van der Waals surface area contributed by atoms with Gasteiger partial charge in [-0.3, -0.25) is 4.79 Å². The number of carbonyl (C=O) groups excluding carboxylic acids is 1. The maximum atomic E-state index is 12.8. The van der Waals surface area contributed by atoms with Gasteiger partial charge >= 0.3 is 0 Å². The summed E-state index contributed by atoms with van der Waals surface area (Å²) in [7, 11) is 2.15. The van der Waals surface area contributed by atoms with E-state index >= 15 is 0 Å². The van der Waals surface area contributed by atoms with E-state index in [9.17, 15) is 9.18 Å². The molecule has 4 nitrogen and oxygen atoms in total. The summed E-state index contributed by atoms with van der Waals surface area (Å²) < 4.78 is 12.8. The molecule has 1 heterocycles. The molecular formula is C17H26FN3OS. The van der Waals surface area contributed by atoms with Crippen molar-refractivity contribution in [1.82, 2.24) is 15.1 Å². The van der Waals surface area contributed by atoms with E-state index in [2.05, 4.69) is 22.2 Å². The lowest BCUT2D eigenvalue weighted by Crippen LogP contribution is -2.45. The van der Waals surface area contributed by atoms with Gasteiger partial charge in [-0.05, 0) is 44.3 Å². The summed E-state index contributed by atoms with van der Waals surface area (Å²) in [5.74, 6) is 0.584. The minimum absolute atomic E-state index is 0.0954. The van der Waals surface area contributed by atoms with E-state index in [1.54, 1.807) is 23.9 Å². The highest BCUT2D eigenvalue weighted by atomic mass is 32.2. The van der Waals surface area contributed by atoms with Crippen LogP contribution in [0, 0.1) is 5.82 Å². The molecule has 1 aliphatic heterocycles.